The van der Waals surface area contributed by atoms with Crippen LogP contribution in [0.25, 0.3) is 0 Å². The molecule has 1 aromatic rings. The Balaban J connectivity index is 1.49. The Labute approximate surface area is 148 Å². The first-order chi connectivity index (χ1) is 11.9. The molecule has 2 aliphatic heterocycles. The number of piperazine rings is 1. The quantitative estimate of drug-likeness (QED) is 0.811. The molecule has 2 heterocycles. The van der Waals surface area contributed by atoms with Crippen molar-refractivity contribution in [3.63, 3.8) is 0 Å². The van der Waals surface area contributed by atoms with Crippen LogP contribution < -0.4 is 0 Å². The number of hydrogen-bond acceptors (Lipinski definition) is 3. The summed E-state index contributed by atoms with van der Waals surface area (Å²) in [6.07, 6.45) is 0.706. The molecule has 3 rings (SSSR count). The van der Waals surface area contributed by atoms with Crippen molar-refractivity contribution in [2.75, 3.05) is 39.8 Å². The Morgan fingerprint density at radius 1 is 1.04 bits per heavy atom. The molecule has 0 aliphatic carbocycles. The van der Waals surface area contributed by atoms with Crippen LogP contribution in [-0.2, 0) is 20.8 Å². The average molecular weight is 343 g/mol. The number of carbonyl (C=O) groups is 3. The first kappa shape index (κ1) is 17.5. The molecule has 1 aromatic carbocycles. The zero-order chi connectivity index (χ0) is 18.0. The van der Waals surface area contributed by atoms with Gasteiger partial charge in [-0.05, 0) is 12.5 Å². The minimum Gasteiger partial charge on any atom is -0.345 e. The van der Waals surface area contributed by atoms with Gasteiger partial charge in [0.1, 0.15) is 0 Å². The fourth-order valence-electron chi connectivity index (χ4n) is 3.46. The SMILES string of the molecule is Cc1ccc(CC(=O)N2CCN(C(=O)[C@@H]3CC(=O)N(C)C3)CC2)cc1. The van der Waals surface area contributed by atoms with Crippen LogP contribution in [-0.4, -0.2) is 72.2 Å². The number of hydrogen-bond donors (Lipinski definition) is 0. The van der Waals surface area contributed by atoms with Gasteiger partial charge in [0, 0.05) is 46.2 Å². The lowest BCUT2D eigenvalue weighted by atomic mass is 10.1. The third kappa shape index (κ3) is 4.00. The number of amides is 3. The molecule has 0 aromatic heterocycles. The molecule has 134 valence electrons. The van der Waals surface area contributed by atoms with Crippen LogP contribution in [0.15, 0.2) is 24.3 Å². The number of nitrogens with zero attached hydrogens (tertiary/aromatic N) is 3. The van der Waals surface area contributed by atoms with E-state index in [1.807, 2.05) is 36.1 Å². The van der Waals surface area contributed by atoms with Gasteiger partial charge < -0.3 is 14.7 Å². The fourth-order valence-corrected chi connectivity index (χ4v) is 3.46. The Morgan fingerprint density at radius 2 is 1.64 bits per heavy atom. The van der Waals surface area contributed by atoms with Gasteiger partial charge in [0.25, 0.3) is 0 Å². The summed E-state index contributed by atoms with van der Waals surface area (Å²) in [7, 11) is 1.73. The van der Waals surface area contributed by atoms with E-state index in [1.165, 1.54) is 5.56 Å². The van der Waals surface area contributed by atoms with Crippen LogP contribution in [0.3, 0.4) is 0 Å². The number of carbonyl (C=O) groups excluding carboxylic acids is 3. The lowest BCUT2D eigenvalue weighted by Crippen LogP contribution is -2.52. The molecule has 2 saturated heterocycles. The van der Waals surface area contributed by atoms with Crippen LogP contribution in [0.2, 0.25) is 0 Å². The lowest BCUT2D eigenvalue weighted by molar-refractivity contribution is -0.141. The van der Waals surface area contributed by atoms with E-state index in [-0.39, 0.29) is 23.6 Å². The molecule has 3 amide bonds. The van der Waals surface area contributed by atoms with Gasteiger partial charge in [0.15, 0.2) is 0 Å². The van der Waals surface area contributed by atoms with Crippen molar-refractivity contribution < 1.29 is 14.4 Å². The van der Waals surface area contributed by atoms with Crippen molar-refractivity contribution in [1.29, 1.82) is 0 Å². The summed E-state index contributed by atoms with van der Waals surface area (Å²) in [6.45, 7) is 4.75. The fraction of sp³-hybridized carbons (Fsp3) is 0.526. The van der Waals surface area contributed by atoms with E-state index in [1.54, 1.807) is 16.8 Å². The van der Waals surface area contributed by atoms with Crippen molar-refractivity contribution in [1.82, 2.24) is 14.7 Å². The third-order valence-corrected chi connectivity index (χ3v) is 5.11. The molecule has 0 spiro atoms. The largest absolute Gasteiger partial charge is 0.345 e. The smallest absolute Gasteiger partial charge is 0.228 e. The van der Waals surface area contributed by atoms with Gasteiger partial charge in [-0.15, -0.1) is 0 Å². The minimum atomic E-state index is -0.229. The van der Waals surface area contributed by atoms with Crippen molar-refractivity contribution >= 4 is 17.7 Å². The molecule has 0 radical (unpaired) electrons. The van der Waals surface area contributed by atoms with E-state index >= 15 is 0 Å². The molecule has 2 aliphatic rings. The molecule has 0 saturated carbocycles. The molecule has 2 fully saturated rings. The Bertz CT molecular complexity index is 663. The zero-order valence-electron chi connectivity index (χ0n) is 14.9. The summed E-state index contributed by atoms with van der Waals surface area (Å²) >= 11 is 0. The van der Waals surface area contributed by atoms with Crippen LogP contribution in [0, 0.1) is 12.8 Å². The predicted molar refractivity (Wildman–Crippen MR) is 93.8 cm³/mol. The van der Waals surface area contributed by atoms with Gasteiger partial charge in [0.2, 0.25) is 17.7 Å². The molecule has 0 bridgehead atoms. The lowest BCUT2D eigenvalue weighted by Gasteiger charge is -2.36. The van der Waals surface area contributed by atoms with Crippen LogP contribution >= 0.6 is 0 Å². The summed E-state index contributed by atoms with van der Waals surface area (Å²) in [5.41, 5.74) is 2.20. The summed E-state index contributed by atoms with van der Waals surface area (Å²) in [6, 6.07) is 8.00. The molecule has 25 heavy (non-hydrogen) atoms. The number of likely N-dealkylation sites (tertiary alicyclic amines) is 1. The topological polar surface area (TPSA) is 60.9 Å². The molecule has 6 heteroatoms. The Hall–Kier alpha value is -2.37. The van der Waals surface area contributed by atoms with E-state index < -0.39 is 0 Å². The van der Waals surface area contributed by atoms with Gasteiger partial charge in [-0.2, -0.15) is 0 Å². The van der Waals surface area contributed by atoms with Gasteiger partial charge in [-0.25, -0.2) is 0 Å². The Kier molecular flexibility index (Phi) is 5.06. The molecule has 6 nitrogen and oxygen atoms in total. The molecular formula is C19H25N3O3. The Morgan fingerprint density at radius 3 is 2.20 bits per heavy atom. The van der Waals surface area contributed by atoms with E-state index in [0.29, 0.717) is 45.6 Å². The van der Waals surface area contributed by atoms with Crippen molar-refractivity contribution in [3.05, 3.63) is 35.4 Å². The number of aryl methyl sites for hydroxylation is 1. The van der Waals surface area contributed by atoms with Crippen molar-refractivity contribution in [3.8, 4) is 0 Å². The summed E-state index contributed by atoms with van der Waals surface area (Å²) in [4.78, 5) is 41.8. The second-order valence-corrected chi connectivity index (χ2v) is 7.04. The molecular weight excluding hydrogens is 318 g/mol. The van der Waals surface area contributed by atoms with Crippen molar-refractivity contribution in [2.24, 2.45) is 5.92 Å². The van der Waals surface area contributed by atoms with E-state index in [4.69, 9.17) is 0 Å². The summed E-state index contributed by atoms with van der Waals surface area (Å²) < 4.78 is 0. The average Bonchev–Trinajstić information content (AvgIpc) is 2.95. The van der Waals surface area contributed by atoms with Crippen LogP contribution in [0.5, 0.6) is 0 Å². The van der Waals surface area contributed by atoms with Gasteiger partial charge in [0.05, 0.1) is 12.3 Å². The second kappa shape index (κ2) is 7.25. The maximum Gasteiger partial charge on any atom is 0.228 e. The highest BCUT2D eigenvalue weighted by Gasteiger charge is 2.36. The van der Waals surface area contributed by atoms with E-state index in [2.05, 4.69) is 0 Å². The minimum absolute atomic E-state index is 0.0326. The zero-order valence-corrected chi connectivity index (χ0v) is 14.9. The maximum absolute atomic E-state index is 12.5. The molecule has 1 atom stereocenters. The highest BCUT2D eigenvalue weighted by Crippen LogP contribution is 2.19. The standard InChI is InChI=1S/C19H25N3O3/c1-14-3-5-15(6-4-14)11-18(24)21-7-9-22(10-8-21)19(25)16-12-17(23)20(2)13-16/h3-6,16H,7-13H2,1-2H3/t16-/m1/s1. The van der Waals surface area contributed by atoms with Gasteiger partial charge in [-0.3, -0.25) is 14.4 Å². The number of rotatable bonds is 3. The summed E-state index contributed by atoms with van der Waals surface area (Å²) in [5.74, 6) is -0.0485. The second-order valence-electron chi connectivity index (χ2n) is 7.04. The highest BCUT2D eigenvalue weighted by molar-refractivity contribution is 5.89. The van der Waals surface area contributed by atoms with Crippen LogP contribution in [0.4, 0.5) is 0 Å². The maximum atomic E-state index is 12.5. The van der Waals surface area contributed by atoms with Gasteiger partial charge >= 0.3 is 0 Å². The van der Waals surface area contributed by atoms with E-state index in [0.717, 1.165) is 5.56 Å². The first-order valence-corrected chi connectivity index (χ1v) is 8.80. The monoisotopic (exact) mass is 343 g/mol. The first-order valence-electron chi connectivity index (χ1n) is 8.80. The third-order valence-electron chi connectivity index (χ3n) is 5.11. The molecule has 0 unspecified atom stereocenters. The van der Waals surface area contributed by atoms with E-state index in [9.17, 15) is 14.4 Å². The molecule has 0 N–H and O–H groups in total. The number of benzene rings is 1. The highest BCUT2D eigenvalue weighted by atomic mass is 16.2. The normalized spacial score (nSPS) is 21.0. The van der Waals surface area contributed by atoms with Crippen LogP contribution in [0.1, 0.15) is 17.5 Å². The predicted octanol–water partition coefficient (Wildman–Crippen LogP) is 0.687. The van der Waals surface area contributed by atoms with Gasteiger partial charge in [-0.1, -0.05) is 29.8 Å². The summed E-state index contributed by atoms with van der Waals surface area (Å²) in [5, 5.41) is 0. The van der Waals surface area contributed by atoms with Crippen molar-refractivity contribution in [2.45, 2.75) is 19.8 Å².